The summed E-state index contributed by atoms with van der Waals surface area (Å²) in [6, 6.07) is 0. The second-order valence-electron chi connectivity index (χ2n) is 4.31. The molecule has 1 aromatic heterocycles. The van der Waals surface area contributed by atoms with E-state index in [4.69, 9.17) is 9.47 Å². The van der Waals surface area contributed by atoms with Crippen LogP contribution in [-0.2, 0) is 9.53 Å². The highest BCUT2D eigenvalue weighted by Gasteiger charge is 2.17. The van der Waals surface area contributed by atoms with Gasteiger partial charge in [-0.15, -0.1) is 0 Å². The van der Waals surface area contributed by atoms with Crippen molar-refractivity contribution in [1.82, 2.24) is 15.3 Å². The molecule has 8 heteroatoms. The molecule has 1 heterocycles. The van der Waals surface area contributed by atoms with Crippen LogP contribution < -0.4 is 20.3 Å². The first-order valence-corrected chi connectivity index (χ1v) is 6.73. The molecule has 0 bridgehead atoms. The molecule has 0 spiro atoms. The third kappa shape index (κ3) is 5.07. The molecule has 0 aliphatic rings. The lowest BCUT2D eigenvalue weighted by Crippen LogP contribution is -2.37. The number of hydrogen-bond acceptors (Lipinski definition) is 7. The fourth-order valence-corrected chi connectivity index (χ4v) is 1.76. The highest BCUT2D eigenvalue weighted by atomic mass is 16.5. The van der Waals surface area contributed by atoms with E-state index in [-0.39, 0.29) is 12.5 Å². The summed E-state index contributed by atoms with van der Waals surface area (Å²) in [6.07, 6.45) is 1.44. The van der Waals surface area contributed by atoms with E-state index >= 15 is 0 Å². The molecule has 0 unspecified atom stereocenters. The molecule has 118 valence electrons. The van der Waals surface area contributed by atoms with Crippen LogP contribution in [0.4, 0.5) is 11.6 Å². The number of aromatic nitrogens is 2. The van der Waals surface area contributed by atoms with Crippen molar-refractivity contribution < 1.29 is 14.3 Å². The predicted molar refractivity (Wildman–Crippen MR) is 80.9 cm³/mol. The van der Waals surface area contributed by atoms with Crippen molar-refractivity contribution in [2.75, 3.05) is 57.7 Å². The lowest BCUT2D eigenvalue weighted by Gasteiger charge is -2.21. The lowest BCUT2D eigenvalue weighted by atomic mass is 10.4. The highest BCUT2D eigenvalue weighted by molar-refractivity contribution is 5.81. The van der Waals surface area contributed by atoms with Gasteiger partial charge in [-0.05, 0) is 6.92 Å². The standard InChI is InChI=1S/C13H23N5O3/c1-5-14-12-11(21-4)13(17-9-16-12)18(2)8-10(19)15-6-7-20-3/h9H,5-8H2,1-4H3,(H,15,19)(H,14,16,17). The van der Waals surface area contributed by atoms with Crippen molar-refractivity contribution in [1.29, 1.82) is 0 Å². The molecule has 0 saturated heterocycles. The SMILES string of the molecule is CCNc1ncnc(N(C)CC(=O)NCCOC)c1OC. The zero-order valence-corrected chi connectivity index (χ0v) is 13.0. The number of carbonyl (C=O) groups excluding carboxylic acids is 1. The maximum absolute atomic E-state index is 11.8. The van der Waals surface area contributed by atoms with Crippen LogP contribution in [0.1, 0.15) is 6.92 Å². The highest BCUT2D eigenvalue weighted by Crippen LogP contribution is 2.30. The molecular formula is C13H23N5O3. The number of amides is 1. The Morgan fingerprint density at radius 1 is 1.38 bits per heavy atom. The smallest absolute Gasteiger partial charge is 0.239 e. The Kier molecular flexibility index (Phi) is 7.24. The van der Waals surface area contributed by atoms with Crippen LogP contribution in [0.25, 0.3) is 0 Å². The van der Waals surface area contributed by atoms with Gasteiger partial charge in [0.1, 0.15) is 6.33 Å². The normalized spacial score (nSPS) is 10.1. The summed E-state index contributed by atoms with van der Waals surface area (Å²) in [6.45, 7) is 3.81. The summed E-state index contributed by atoms with van der Waals surface area (Å²) >= 11 is 0. The molecule has 0 aliphatic carbocycles. The monoisotopic (exact) mass is 297 g/mol. The topological polar surface area (TPSA) is 88.6 Å². The van der Waals surface area contributed by atoms with Crippen LogP contribution in [0, 0.1) is 0 Å². The van der Waals surface area contributed by atoms with Crippen LogP contribution in [-0.4, -0.2) is 63.4 Å². The number of anilines is 2. The number of nitrogens with one attached hydrogen (secondary N) is 2. The quantitative estimate of drug-likeness (QED) is 0.626. The summed E-state index contributed by atoms with van der Waals surface area (Å²) < 4.78 is 10.2. The Morgan fingerprint density at radius 3 is 2.76 bits per heavy atom. The molecular weight excluding hydrogens is 274 g/mol. The molecule has 8 nitrogen and oxygen atoms in total. The fourth-order valence-electron chi connectivity index (χ4n) is 1.76. The zero-order valence-electron chi connectivity index (χ0n) is 13.0. The zero-order chi connectivity index (χ0) is 15.7. The molecule has 1 aromatic rings. The van der Waals surface area contributed by atoms with Crippen molar-refractivity contribution in [2.45, 2.75) is 6.92 Å². The minimum Gasteiger partial charge on any atom is -0.490 e. The number of ether oxygens (including phenoxy) is 2. The van der Waals surface area contributed by atoms with Gasteiger partial charge in [0.2, 0.25) is 11.7 Å². The Bertz CT molecular complexity index is 455. The third-order valence-electron chi connectivity index (χ3n) is 2.70. The molecule has 0 saturated carbocycles. The molecule has 0 radical (unpaired) electrons. The van der Waals surface area contributed by atoms with E-state index in [1.807, 2.05) is 6.92 Å². The summed E-state index contributed by atoms with van der Waals surface area (Å²) in [4.78, 5) is 21.8. The summed E-state index contributed by atoms with van der Waals surface area (Å²) in [5.74, 6) is 1.58. The minimum absolute atomic E-state index is 0.111. The van der Waals surface area contributed by atoms with Gasteiger partial charge in [0.05, 0.1) is 20.3 Å². The number of carbonyl (C=O) groups is 1. The average molecular weight is 297 g/mol. The van der Waals surface area contributed by atoms with Crippen molar-refractivity contribution in [3.63, 3.8) is 0 Å². The second kappa shape index (κ2) is 8.96. The maximum atomic E-state index is 11.8. The van der Waals surface area contributed by atoms with Gasteiger partial charge in [0, 0.05) is 27.2 Å². The third-order valence-corrected chi connectivity index (χ3v) is 2.70. The van der Waals surface area contributed by atoms with Crippen molar-refractivity contribution in [2.24, 2.45) is 0 Å². The largest absolute Gasteiger partial charge is 0.490 e. The molecule has 0 fully saturated rings. The van der Waals surface area contributed by atoms with Gasteiger partial charge in [0.25, 0.3) is 0 Å². The number of likely N-dealkylation sites (N-methyl/N-ethyl adjacent to an activating group) is 1. The van der Waals surface area contributed by atoms with Gasteiger partial charge in [-0.1, -0.05) is 0 Å². The van der Waals surface area contributed by atoms with E-state index in [2.05, 4.69) is 20.6 Å². The van der Waals surface area contributed by atoms with E-state index in [9.17, 15) is 4.79 Å². The van der Waals surface area contributed by atoms with Crippen LogP contribution >= 0.6 is 0 Å². The number of rotatable bonds is 9. The molecule has 0 aliphatic heterocycles. The van der Waals surface area contributed by atoms with Gasteiger partial charge in [-0.25, -0.2) is 9.97 Å². The predicted octanol–water partition coefficient (Wildman–Crippen LogP) is 0.116. The van der Waals surface area contributed by atoms with Gasteiger partial charge in [-0.2, -0.15) is 0 Å². The van der Waals surface area contributed by atoms with Gasteiger partial charge in [0.15, 0.2) is 11.6 Å². The van der Waals surface area contributed by atoms with Crippen LogP contribution in [0.15, 0.2) is 6.33 Å². The van der Waals surface area contributed by atoms with Crippen LogP contribution in [0.2, 0.25) is 0 Å². The number of nitrogens with zero attached hydrogens (tertiary/aromatic N) is 3. The van der Waals surface area contributed by atoms with Gasteiger partial charge < -0.3 is 25.0 Å². The van der Waals surface area contributed by atoms with Crippen LogP contribution in [0.5, 0.6) is 5.75 Å². The molecule has 0 aromatic carbocycles. The first-order valence-electron chi connectivity index (χ1n) is 6.73. The average Bonchev–Trinajstić information content (AvgIpc) is 2.47. The van der Waals surface area contributed by atoms with E-state index in [1.54, 1.807) is 26.2 Å². The van der Waals surface area contributed by atoms with Gasteiger partial charge >= 0.3 is 0 Å². The molecule has 0 atom stereocenters. The first-order chi connectivity index (χ1) is 10.1. The maximum Gasteiger partial charge on any atom is 0.239 e. The van der Waals surface area contributed by atoms with Crippen LogP contribution in [0.3, 0.4) is 0 Å². The number of methoxy groups -OCH3 is 2. The molecule has 2 N–H and O–H groups in total. The Balaban J connectivity index is 2.75. The Labute approximate surface area is 124 Å². The molecule has 1 amide bonds. The van der Waals surface area contributed by atoms with E-state index in [0.717, 1.165) is 0 Å². The second-order valence-corrected chi connectivity index (χ2v) is 4.31. The van der Waals surface area contributed by atoms with E-state index in [1.165, 1.54) is 6.33 Å². The fraction of sp³-hybridized carbons (Fsp3) is 0.615. The van der Waals surface area contributed by atoms with Gasteiger partial charge in [-0.3, -0.25) is 4.79 Å². The molecule has 1 rings (SSSR count). The minimum atomic E-state index is -0.111. The van der Waals surface area contributed by atoms with Crippen molar-refractivity contribution in [3.05, 3.63) is 6.33 Å². The Morgan fingerprint density at radius 2 is 2.14 bits per heavy atom. The summed E-state index contributed by atoms with van der Waals surface area (Å²) in [5.41, 5.74) is 0. The van der Waals surface area contributed by atoms with E-state index in [0.29, 0.717) is 37.1 Å². The van der Waals surface area contributed by atoms with Crippen molar-refractivity contribution >= 4 is 17.5 Å². The number of hydrogen-bond donors (Lipinski definition) is 2. The molecule has 21 heavy (non-hydrogen) atoms. The summed E-state index contributed by atoms with van der Waals surface area (Å²) in [5, 5.41) is 5.85. The summed E-state index contributed by atoms with van der Waals surface area (Å²) in [7, 11) is 4.91. The Hall–Kier alpha value is -2.09. The van der Waals surface area contributed by atoms with E-state index < -0.39 is 0 Å². The first kappa shape index (κ1) is 17.0. The lowest BCUT2D eigenvalue weighted by molar-refractivity contribution is -0.119. The van der Waals surface area contributed by atoms with Crippen molar-refractivity contribution in [3.8, 4) is 5.75 Å².